The van der Waals surface area contributed by atoms with Crippen molar-refractivity contribution in [3.63, 3.8) is 0 Å². The summed E-state index contributed by atoms with van der Waals surface area (Å²) >= 11 is 1.50. The summed E-state index contributed by atoms with van der Waals surface area (Å²) in [5, 5.41) is 25.3. The summed E-state index contributed by atoms with van der Waals surface area (Å²) in [6.45, 7) is 2.03. The van der Waals surface area contributed by atoms with Crippen molar-refractivity contribution in [2.75, 3.05) is 0 Å². The first-order chi connectivity index (χ1) is 16.9. The molecule has 0 bridgehead atoms. The van der Waals surface area contributed by atoms with Crippen LogP contribution in [-0.2, 0) is 4.79 Å². The Morgan fingerprint density at radius 1 is 1.20 bits per heavy atom. The highest BCUT2D eigenvalue weighted by Crippen LogP contribution is 2.48. The Labute approximate surface area is 205 Å². The number of carboxylic acid groups (broad SMARTS) is 1. The molecule has 0 unspecified atom stereocenters. The molecule has 2 heterocycles. The van der Waals surface area contributed by atoms with E-state index < -0.39 is 11.9 Å². The molecule has 1 saturated carbocycles. The van der Waals surface area contributed by atoms with Crippen LogP contribution in [0.3, 0.4) is 0 Å². The Morgan fingerprint density at radius 3 is 2.57 bits per heavy atom. The minimum atomic E-state index is -1.00. The molecule has 174 valence electrons. The number of carboxylic acids is 1. The Bertz CT molecular complexity index is 1530. The van der Waals surface area contributed by atoms with Gasteiger partial charge in [-0.2, -0.15) is 14.8 Å². The van der Waals surface area contributed by atoms with Crippen molar-refractivity contribution in [2.24, 2.45) is 5.92 Å². The average molecular weight is 484 g/mol. The molecule has 2 N–H and O–H groups in total. The second-order valence-corrected chi connectivity index (χ2v) is 9.77. The molecule has 5 rings (SSSR count). The van der Waals surface area contributed by atoms with E-state index in [1.54, 1.807) is 6.08 Å². The van der Waals surface area contributed by atoms with Gasteiger partial charge in [0.15, 0.2) is 0 Å². The highest BCUT2D eigenvalue weighted by Gasteiger charge is 2.29. The van der Waals surface area contributed by atoms with Crippen molar-refractivity contribution in [1.82, 2.24) is 10.2 Å². The topological polar surface area (TPSA) is 89.8 Å². The van der Waals surface area contributed by atoms with E-state index in [1.807, 2.05) is 55.5 Å². The molecule has 35 heavy (non-hydrogen) atoms. The monoisotopic (exact) mass is 483 g/mol. The number of aromatic nitrogens is 2. The fourth-order valence-corrected chi connectivity index (χ4v) is 5.64. The fraction of sp³-hybridized carbons (Fsp3) is 0.179. The van der Waals surface area contributed by atoms with E-state index in [0.29, 0.717) is 21.7 Å². The molecule has 0 aliphatic heterocycles. The number of fused-ring (bicyclic) bond motifs is 1. The lowest BCUT2D eigenvalue weighted by Gasteiger charge is -2.31. The SMILES string of the molecule is Cc1cc(C#N)sc1C(=C(c1ccc(/C=C/C(=O)O)cc1)c1ccc2n[nH]c(F)c2c1)C1CCC1. The number of nitrogens with zero attached hydrogens (tertiary/aromatic N) is 2. The molecule has 0 amide bonds. The second-order valence-electron chi connectivity index (χ2n) is 8.71. The lowest BCUT2D eigenvalue weighted by Crippen LogP contribution is -2.15. The molecule has 0 saturated heterocycles. The minimum Gasteiger partial charge on any atom is -0.478 e. The third-order valence-corrected chi connectivity index (χ3v) is 7.64. The number of aliphatic carboxylic acids is 1. The Hall–Kier alpha value is -4.02. The summed E-state index contributed by atoms with van der Waals surface area (Å²) in [5.41, 5.74) is 6.40. The molecule has 4 aromatic rings. The summed E-state index contributed by atoms with van der Waals surface area (Å²) in [6.07, 6.45) is 5.92. The van der Waals surface area contributed by atoms with E-state index >= 15 is 0 Å². The van der Waals surface area contributed by atoms with Crippen LogP contribution in [0.1, 0.15) is 51.3 Å². The van der Waals surface area contributed by atoms with Gasteiger partial charge in [-0.05, 0) is 83.4 Å². The van der Waals surface area contributed by atoms with E-state index in [2.05, 4.69) is 16.3 Å². The summed E-state index contributed by atoms with van der Waals surface area (Å²) in [6, 6.07) is 17.5. The number of H-pyrrole nitrogens is 1. The zero-order valence-corrected chi connectivity index (χ0v) is 19.8. The van der Waals surface area contributed by atoms with Gasteiger partial charge in [0, 0.05) is 11.0 Å². The molecular weight excluding hydrogens is 461 g/mol. The summed E-state index contributed by atoms with van der Waals surface area (Å²) in [4.78, 5) is 12.7. The van der Waals surface area contributed by atoms with E-state index in [1.165, 1.54) is 16.9 Å². The number of benzene rings is 2. The van der Waals surface area contributed by atoms with Crippen molar-refractivity contribution in [2.45, 2.75) is 26.2 Å². The lowest BCUT2D eigenvalue weighted by molar-refractivity contribution is -0.131. The largest absolute Gasteiger partial charge is 0.478 e. The quantitative estimate of drug-likeness (QED) is 0.295. The zero-order chi connectivity index (χ0) is 24.5. The maximum Gasteiger partial charge on any atom is 0.328 e. The van der Waals surface area contributed by atoms with Crippen molar-refractivity contribution in [3.05, 3.63) is 92.6 Å². The van der Waals surface area contributed by atoms with Gasteiger partial charge in [-0.1, -0.05) is 36.8 Å². The van der Waals surface area contributed by atoms with Crippen LogP contribution in [0.2, 0.25) is 0 Å². The smallest absolute Gasteiger partial charge is 0.328 e. The van der Waals surface area contributed by atoms with Gasteiger partial charge in [-0.25, -0.2) is 4.79 Å². The predicted octanol–water partition coefficient (Wildman–Crippen LogP) is 6.80. The first-order valence-corrected chi connectivity index (χ1v) is 12.2. The highest BCUT2D eigenvalue weighted by atomic mass is 32.1. The highest BCUT2D eigenvalue weighted by molar-refractivity contribution is 7.13. The van der Waals surface area contributed by atoms with E-state index in [4.69, 9.17) is 5.11 Å². The van der Waals surface area contributed by atoms with Crippen LogP contribution >= 0.6 is 11.3 Å². The number of thiophene rings is 1. The third-order valence-electron chi connectivity index (χ3n) is 6.47. The number of aryl methyl sites for hydroxylation is 1. The maximum absolute atomic E-state index is 14.4. The van der Waals surface area contributed by atoms with E-state index in [9.17, 15) is 14.4 Å². The van der Waals surface area contributed by atoms with E-state index in [0.717, 1.165) is 58.0 Å². The number of nitriles is 1. The molecule has 1 aliphatic carbocycles. The van der Waals surface area contributed by atoms with Crippen molar-refractivity contribution in [1.29, 1.82) is 5.26 Å². The molecule has 5 nitrogen and oxygen atoms in total. The first kappa shape index (κ1) is 22.8. The van der Waals surface area contributed by atoms with Gasteiger partial charge in [-0.3, -0.25) is 5.10 Å². The number of carbonyl (C=O) groups is 1. The number of allylic oxidation sites excluding steroid dienone is 1. The first-order valence-electron chi connectivity index (χ1n) is 11.3. The molecule has 2 aromatic heterocycles. The average Bonchev–Trinajstić information content (AvgIpc) is 3.38. The Balaban J connectivity index is 1.76. The normalized spacial score (nSPS) is 14.7. The number of halogens is 1. The maximum atomic E-state index is 14.4. The van der Waals surface area contributed by atoms with Gasteiger partial charge in [0.25, 0.3) is 0 Å². The predicted molar refractivity (Wildman–Crippen MR) is 136 cm³/mol. The summed E-state index contributed by atoms with van der Waals surface area (Å²) in [7, 11) is 0. The minimum absolute atomic E-state index is 0.338. The van der Waals surface area contributed by atoms with E-state index in [-0.39, 0.29) is 0 Å². The van der Waals surface area contributed by atoms with Crippen molar-refractivity contribution >= 4 is 45.4 Å². The number of aromatic amines is 1. The number of hydrogen-bond acceptors (Lipinski definition) is 4. The number of rotatable bonds is 6. The van der Waals surface area contributed by atoms with Gasteiger partial charge >= 0.3 is 5.97 Å². The fourth-order valence-electron chi connectivity index (χ4n) is 4.55. The molecule has 7 heteroatoms. The second kappa shape index (κ2) is 9.32. The molecular formula is C28H22FN3O2S. The molecule has 0 radical (unpaired) electrons. The van der Waals surface area contributed by atoms with Gasteiger partial charge in [0.2, 0.25) is 5.95 Å². The summed E-state index contributed by atoms with van der Waals surface area (Å²) < 4.78 is 14.4. The van der Waals surface area contributed by atoms with Crippen LogP contribution in [0.15, 0.2) is 54.6 Å². The van der Waals surface area contributed by atoms with Crippen LogP contribution in [0.25, 0.3) is 28.1 Å². The van der Waals surface area contributed by atoms with Crippen LogP contribution < -0.4 is 0 Å². The number of nitrogens with one attached hydrogen (secondary N) is 1. The van der Waals surface area contributed by atoms with Crippen LogP contribution in [0, 0.1) is 30.1 Å². The van der Waals surface area contributed by atoms with Gasteiger partial charge in [0.1, 0.15) is 10.9 Å². The lowest BCUT2D eigenvalue weighted by atomic mass is 9.74. The van der Waals surface area contributed by atoms with Gasteiger partial charge < -0.3 is 5.11 Å². The van der Waals surface area contributed by atoms with Crippen molar-refractivity contribution in [3.8, 4) is 6.07 Å². The molecule has 0 atom stereocenters. The Kier molecular flexibility index (Phi) is 6.06. The molecule has 1 aliphatic rings. The van der Waals surface area contributed by atoms with Gasteiger partial charge in [-0.15, -0.1) is 11.3 Å². The number of hydrogen-bond donors (Lipinski definition) is 2. The van der Waals surface area contributed by atoms with Crippen molar-refractivity contribution < 1.29 is 14.3 Å². The Morgan fingerprint density at radius 2 is 1.94 bits per heavy atom. The molecule has 2 aromatic carbocycles. The zero-order valence-electron chi connectivity index (χ0n) is 19.0. The standard InChI is InChI=1S/C28H22FN3O2S/c1-16-13-21(15-30)35-27(16)26(18-3-2-4-18)25(19-8-5-17(6-9-19)7-12-24(33)34)20-10-11-23-22(14-20)28(29)32-31-23/h5-14,18H,2-4H2,1H3,(H,31,32)(H,33,34)/b12-7+,26-25?. The van der Waals surface area contributed by atoms with Gasteiger partial charge in [0.05, 0.1) is 10.9 Å². The van der Waals surface area contributed by atoms with Crippen LogP contribution in [0.5, 0.6) is 0 Å². The summed E-state index contributed by atoms with van der Waals surface area (Å²) in [5.74, 6) is -1.14. The third kappa shape index (κ3) is 4.41. The molecule has 1 fully saturated rings. The van der Waals surface area contributed by atoms with Crippen LogP contribution in [-0.4, -0.2) is 21.3 Å². The molecule has 0 spiro atoms. The van der Waals surface area contributed by atoms with Crippen LogP contribution in [0.4, 0.5) is 4.39 Å².